The molecule has 0 unspecified atom stereocenters. The van der Waals surface area contributed by atoms with Crippen LogP contribution in [-0.2, 0) is 4.74 Å². The topological polar surface area (TPSA) is 55.3 Å². The average molecular weight is 378 g/mol. The van der Waals surface area contributed by atoms with Gasteiger partial charge in [-0.25, -0.2) is 9.97 Å². The van der Waals surface area contributed by atoms with Crippen LogP contribution in [0.3, 0.4) is 0 Å². The summed E-state index contributed by atoms with van der Waals surface area (Å²) in [6.07, 6.45) is 0. The molecule has 1 aromatic heterocycles. The Labute approximate surface area is 161 Å². The lowest BCUT2D eigenvalue weighted by Crippen LogP contribution is -2.37. The number of anilines is 1. The van der Waals surface area contributed by atoms with Gasteiger partial charge in [-0.1, -0.05) is 48.0 Å². The summed E-state index contributed by atoms with van der Waals surface area (Å²) in [5, 5.41) is 0.646. The van der Waals surface area contributed by atoms with E-state index in [1.165, 1.54) is 0 Å². The van der Waals surface area contributed by atoms with Crippen LogP contribution < -0.4 is 4.90 Å². The number of morpholine rings is 1. The summed E-state index contributed by atoms with van der Waals surface area (Å²) in [5.74, 6) is 0.602. The highest BCUT2D eigenvalue weighted by Crippen LogP contribution is 2.40. The number of benzene rings is 2. The fraction of sp³-hybridized carbons (Fsp3) is 0.190. The molecule has 27 heavy (non-hydrogen) atoms. The molecule has 5 nitrogen and oxygen atoms in total. The Bertz CT molecular complexity index is 1040. The largest absolute Gasteiger partial charge is 0.378 e. The van der Waals surface area contributed by atoms with Crippen molar-refractivity contribution in [2.45, 2.75) is 0 Å². The summed E-state index contributed by atoms with van der Waals surface area (Å²) in [6.45, 7) is 2.75. The Morgan fingerprint density at radius 1 is 0.889 bits per heavy atom. The van der Waals surface area contributed by atoms with Gasteiger partial charge < -0.3 is 9.64 Å². The van der Waals surface area contributed by atoms with Crippen molar-refractivity contribution in [1.29, 1.82) is 0 Å². The van der Waals surface area contributed by atoms with Gasteiger partial charge in [-0.05, 0) is 12.1 Å². The maximum atomic E-state index is 13.1. The van der Waals surface area contributed by atoms with E-state index in [0.717, 1.165) is 24.2 Å². The third-order valence-corrected chi connectivity index (χ3v) is 5.21. The zero-order valence-electron chi connectivity index (χ0n) is 14.5. The number of carbonyl (C=O) groups is 1. The lowest BCUT2D eigenvalue weighted by molar-refractivity contribution is 0.104. The van der Waals surface area contributed by atoms with E-state index >= 15 is 0 Å². The van der Waals surface area contributed by atoms with Gasteiger partial charge in [-0.3, -0.25) is 4.79 Å². The number of aromatic nitrogens is 2. The van der Waals surface area contributed by atoms with E-state index in [9.17, 15) is 4.79 Å². The normalized spacial score (nSPS) is 15.6. The monoisotopic (exact) mass is 377 g/mol. The summed E-state index contributed by atoms with van der Waals surface area (Å²) in [5.41, 5.74) is 4.32. The molecule has 2 heterocycles. The first kappa shape index (κ1) is 16.4. The molecule has 1 fully saturated rings. The van der Waals surface area contributed by atoms with Gasteiger partial charge in [-0.2, -0.15) is 0 Å². The van der Waals surface area contributed by atoms with Gasteiger partial charge in [0.1, 0.15) is 0 Å². The summed E-state index contributed by atoms with van der Waals surface area (Å²) in [4.78, 5) is 24.8. The molecule has 1 aliphatic carbocycles. The van der Waals surface area contributed by atoms with Crippen molar-refractivity contribution in [3.8, 4) is 22.5 Å². The van der Waals surface area contributed by atoms with E-state index in [1.54, 1.807) is 0 Å². The molecule has 5 rings (SSSR count). The minimum absolute atomic E-state index is 0.0286. The minimum atomic E-state index is -0.0286. The third kappa shape index (κ3) is 2.71. The van der Waals surface area contributed by atoms with E-state index in [2.05, 4.69) is 4.90 Å². The van der Waals surface area contributed by atoms with Crippen molar-refractivity contribution in [3.63, 3.8) is 0 Å². The molecule has 0 amide bonds. The van der Waals surface area contributed by atoms with E-state index in [-0.39, 0.29) is 5.78 Å². The quantitative estimate of drug-likeness (QED) is 0.531. The number of carbonyl (C=O) groups excluding carboxylic acids is 1. The summed E-state index contributed by atoms with van der Waals surface area (Å²) in [6, 6.07) is 15.0. The number of fused-ring (bicyclic) bond motifs is 3. The van der Waals surface area contributed by atoms with Gasteiger partial charge in [0.2, 0.25) is 5.95 Å². The van der Waals surface area contributed by atoms with Crippen LogP contribution in [0.15, 0.2) is 48.5 Å². The van der Waals surface area contributed by atoms with Gasteiger partial charge in [-0.15, -0.1) is 0 Å². The number of nitrogens with zero attached hydrogens (tertiary/aromatic N) is 3. The Hall–Kier alpha value is -2.76. The van der Waals surface area contributed by atoms with Crippen LogP contribution in [0.2, 0.25) is 5.02 Å². The summed E-state index contributed by atoms with van der Waals surface area (Å²) in [7, 11) is 0. The molecule has 3 aromatic rings. The Balaban J connectivity index is 1.75. The van der Waals surface area contributed by atoms with Crippen molar-refractivity contribution in [3.05, 3.63) is 64.7 Å². The van der Waals surface area contributed by atoms with E-state index < -0.39 is 0 Å². The maximum Gasteiger partial charge on any atom is 0.226 e. The molecular weight excluding hydrogens is 362 g/mol. The first-order valence-electron chi connectivity index (χ1n) is 8.87. The molecule has 2 aromatic carbocycles. The van der Waals surface area contributed by atoms with Gasteiger partial charge >= 0.3 is 0 Å². The molecule has 6 heteroatoms. The summed E-state index contributed by atoms with van der Waals surface area (Å²) < 4.78 is 5.45. The standard InChI is InChI=1S/C21H16ClN3O2/c22-14-7-5-13(6-8-14)18-17-19(15-3-1-2-4-16(15)20(17)26)24-21(23-18)25-9-11-27-12-10-25/h1-8H,9-12H2. The maximum absolute atomic E-state index is 13.1. The fourth-order valence-electron chi connectivity index (χ4n) is 3.60. The molecule has 0 radical (unpaired) electrons. The van der Waals surface area contributed by atoms with Crippen LogP contribution in [0, 0.1) is 0 Å². The lowest BCUT2D eigenvalue weighted by atomic mass is 10.0. The number of hydrogen-bond acceptors (Lipinski definition) is 5. The highest BCUT2D eigenvalue weighted by atomic mass is 35.5. The summed E-state index contributed by atoms with van der Waals surface area (Å²) >= 11 is 6.05. The molecule has 0 N–H and O–H groups in total. The van der Waals surface area contributed by atoms with Crippen LogP contribution in [0.1, 0.15) is 15.9 Å². The highest BCUT2D eigenvalue weighted by molar-refractivity contribution is 6.30. The zero-order chi connectivity index (χ0) is 18.4. The molecule has 0 bridgehead atoms. The Morgan fingerprint density at radius 2 is 1.56 bits per heavy atom. The van der Waals surface area contributed by atoms with E-state index in [0.29, 0.717) is 46.7 Å². The average Bonchev–Trinajstić information content (AvgIpc) is 3.01. The molecule has 0 atom stereocenters. The van der Waals surface area contributed by atoms with Crippen LogP contribution >= 0.6 is 11.6 Å². The SMILES string of the molecule is O=C1c2ccccc2-c2nc(N3CCOCC3)nc(-c3ccc(Cl)cc3)c21. The molecule has 0 spiro atoms. The third-order valence-electron chi connectivity index (χ3n) is 4.96. The predicted octanol–water partition coefficient (Wildman–Crippen LogP) is 3.85. The smallest absolute Gasteiger partial charge is 0.226 e. The second kappa shape index (κ2) is 6.44. The predicted molar refractivity (Wildman–Crippen MR) is 104 cm³/mol. The number of ether oxygens (including phenoxy) is 1. The van der Waals surface area contributed by atoms with Gasteiger partial charge in [0.25, 0.3) is 0 Å². The lowest BCUT2D eigenvalue weighted by Gasteiger charge is -2.27. The molecule has 134 valence electrons. The molecule has 1 saturated heterocycles. The first-order chi connectivity index (χ1) is 13.2. The van der Waals surface area contributed by atoms with Crippen LogP contribution in [0.4, 0.5) is 5.95 Å². The van der Waals surface area contributed by atoms with Gasteiger partial charge in [0, 0.05) is 34.8 Å². The Morgan fingerprint density at radius 3 is 2.30 bits per heavy atom. The van der Waals surface area contributed by atoms with E-state index in [4.69, 9.17) is 26.3 Å². The zero-order valence-corrected chi connectivity index (χ0v) is 15.2. The molecule has 2 aliphatic rings. The highest BCUT2D eigenvalue weighted by Gasteiger charge is 2.33. The first-order valence-corrected chi connectivity index (χ1v) is 9.25. The number of halogens is 1. The van der Waals surface area contributed by atoms with E-state index in [1.807, 2.05) is 48.5 Å². The van der Waals surface area contributed by atoms with Crippen molar-refractivity contribution in [1.82, 2.24) is 9.97 Å². The fourth-order valence-corrected chi connectivity index (χ4v) is 3.73. The number of ketones is 1. The van der Waals surface area contributed by atoms with Gasteiger partial charge in [0.15, 0.2) is 5.78 Å². The van der Waals surface area contributed by atoms with Crippen molar-refractivity contribution >= 4 is 23.3 Å². The van der Waals surface area contributed by atoms with Crippen LogP contribution in [0.5, 0.6) is 0 Å². The molecule has 0 saturated carbocycles. The number of hydrogen-bond donors (Lipinski definition) is 0. The van der Waals surface area contributed by atoms with Crippen molar-refractivity contribution in [2.24, 2.45) is 0 Å². The number of rotatable bonds is 2. The van der Waals surface area contributed by atoms with Crippen LogP contribution in [0.25, 0.3) is 22.5 Å². The van der Waals surface area contributed by atoms with Crippen LogP contribution in [-0.4, -0.2) is 42.1 Å². The second-order valence-electron chi connectivity index (χ2n) is 6.58. The van der Waals surface area contributed by atoms with Gasteiger partial charge in [0.05, 0.1) is 30.2 Å². The second-order valence-corrected chi connectivity index (χ2v) is 7.01. The van der Waals surface area contributed by atoms with Crippen molar-refractivity contribution in [2.75, 3.05) is 31.2 Å². The Kier molecular flexibility index (Phi) is 3.92. The van der Waals surface area contributed by atoms with Crippen molar-refractivity contribution < 1.29 is 9.53 Å². The molecular formula is C21H16ClN3O2. The molecule has 1 aliphatic heterocycles. The minimum Gasteiger partial charge on any atom is -0.378 e.